The van der Waals surface area contributed by atoms with E-state index in [-0.39, 0.29) is 11.6 Å². The van der Waals surface area contributed by atoms with E-state index in [1.165, 1.54) is 11.8 Å². The first kappa shape index (κ1) is 18.9. The van der Waals surface area contributed by atoms with E-state index in [9.17, 15) is 4.79 Å². The van der Waals surface area contributed by atoms with Crippen molar-refractivity contribution in [2.24, 2.45) is 0 Å². The number of benzene rings is 2. The molecule has 6 heteroatoms. The van der Waals surface area contributed by atoms with Gasteiger partial charge in [0, 0.05) is 23.8 Å². The summed E-state index contributed by atoms with van der Waals surface area (Å²) in [6.45, 7) is 5.48. The predicted octanol–water partition coefficient (Wildman–Crippen LogP) is 4.72. The fraction of sp³-hybridized carbons (Fsp3) is 0.190. The maximum Gasteiger partial charge on any atom is 0.275 e. The number of carbonyl (C=O) groups is 1. The van der Waals surface area contributed by atoms with Gasteiger partial charge in [-0.3, -0.25) is 4.79 Å². The van der Waals surface area contributed by atoms with Crippen LogP contribution in [-0.2, 0) is 6.54 Å². The van der Waals surface area contributed by atoms with Crippen LogP contribution in [0.25, 0.3) is 0 Å². The molecule has 0 radical (unpaired) electrons. The van der Waals surface area contributed by atoms with Crippen LogP contribution in [0.15, 0.2) is 60.9 Å². The molecule has 0 spiro atoms. The van der Waals surface area contributed by atoms with Gasteiger partial charge >= 0.3 is 0 Å². The molecule has 0 aliphatic heterocycles. The number of aryl methyl sites for hydroxylation is 1. The van der Waals surface area contributed by atoms with E-state index in [1.54, 1.807) is 24.4 Å². The van der Waals surface area contributed by atoms with E-state index in [4.69, 9.17) is 11.6 Å². The number of hydrogen-bond acceptors (Lipinski definition) is 4. The standard InChI is InChI=1S/C21H21ClN4O/c1-3-26(14-16-7-5-4-6-8-16)20-13-23-19(12-24-20)21(27)25-18-10-9-17(22)11-15(18)2/h4-13H,3,14H2,1-2H3,(H,25,27). The van der Waals surface area contributed by atoms with Crippen LogP contribution in [0.3, 0.4) is 0 Å². The largest absolute Gasteiger partial charge is 0.351 e. The number of amides is 1. The Kier molecular flexibility index (Phi) is 6.04. The maximum atomic E-state index is 12.4. The van der Waals surface area contributed by atoms with Crippen LogP contribution < -0.4 is 10.2 Å². The third kappa shape index (κ3) is 4.83. The number of hydrogen-bond donors (Lipinski definition) is 1. The average molecular weight is 381 g/mol. The maximum absolute atomic E-state index is 12.4. The van der Waals surface area contributed by atoms with Gasteiger partial charge in [0.2, 0.25) is 0 Å². The van der Waals surface area contributed by atoms with Crippen LogP contribution in [0, 0.1) is 6.92 Å². The summed E-state index contributed by atoms with van der Waals surface area (Å²) in [5.41, 5.74) is 3.06. The van der Waals surface area contributed by atoms with Crippen molar-refractivity contribution < 1.29 is 4.79 Å². The number of nitrogens with zero attached hydrogens (tertiary/aromatic N) is 3. The van der Waals surface area contributed by atoms with Gasteiger partial charge in [-0.15, -0.1) is 0 Å². The molecule has 3 aromatic rings. The summed E-state index contributed by atoms with van der Waals surface area (Å²) >= 11 is 5.95. The molecule has 138 valence electrons. The number of anilines is 2. The van der Waals surface area contributed by atoms with E-state index < -0.39 is 0 Å². The molecule has 5 nitrogen and oxygen atoms in total. The lowest BCUT2D eigenvalue weighted by atomic mass is 10.2. The van der Waals surface area contributed by atoms with Crippen molar-refractivity contribution in [1.82, 2.24) is 9.97 Å². The highest BCUT2D eigenvalue weighted by molar-refractivity contribution is 6.30. The second-order valence-electron chi connectivity index (χ2n) is 6.17. The van der Waals surface area contributed by atoms with Crippen LogP contribution >= 0.6 is 11.6 Å². The summed E-state index contributed by atoms with van der Waals surface area (Å²) in [6, 6.07) is 15.5. The minimum Gasteiger partial charge on any atom is -0.351 e. The molecular formula is C21H21ClN4O. The zero-order valence-corrected chi connectivity index (χ0v) is 16.1. The predicted molar refractivity (Wildman–Crippen MR) is 109 cm³/mol. The molecular weight excluding hydrogens is 360 g/mol. The number of aromatic nitrogens is 2. The van der Waals surface area contributed by atoms with E-state index in [2.05, 4.69) is 39.2 Å². The van der Waals surface area contributed by atoms with E-state index in [0.29, 0.717) is 10.7 Å². The zero-order valence-electron chi connectivity index (χ0n) is 15.3. The molecule has 2 aromatic carbocycles. The molecule has 1 amide bonds. The first-order valence-corrected chi connectivity index (χ1v) is 9.13. The zero-order chi connectivity index (χ0) is 19.2. The first-order chi connectivity index (χ1) is 13.1. The molecule has 27 heavy (non-hydrogen) atoms. The monoisotopic (exact) mass is 380 g/mol. The fourth-order valence-corrected chi connectivity index (χ4v) is 2.94. The molecule has 0 aliphatic rings. The third-order valence-corrected chi connectivity index (χ3v) is 4.46. The molecule has 1 heterocycles. The van der Waals surface area contributed by atoms with Gasteiger partial charge in [-0.1, -0.05) is 41.9 Å². The Bertz CT molecular complexity index is 913. The Hall–Kier alpha value is -2.92. The van der Waals surface area contributed by atoms with Crippen LogP contribution in [0.1, 0.15) is 28.5 Å². The van der Waals surface area contributed by atoms with Gasteiger partial charge in [0.05, 0.1) is 12.4 Å². The van der Waals surface area contributed by atoms with Crippen molar-refractivity contribution in [3.05, 3.63) is 82.8 Å². The summed E-state index contributed by atoms with van der Waals surface area (Å²) in [4.78, 5) is 23.3. The molecule has 3 rings (SSSR count). The minimum atomic E-state index is -0.300. The van der Waals surface area contributed by atoms with Gasteiger partial charge in [-0.2, -0.15) is 0 Å². The molecule has 0 fully saturated rings. The van der Waals surface area contributed by atoms with Crippen molar-refractivity contribution in [2.75, 3.05) is 16.8 Å². The fourth-order valence-electron chi connectivity index (χ4n) is 2.71. The number of rotatable bonds is 6. The van der Waals surface area contributed by atoms with Gasteiger partial charge in [0.15, 0.2) is 0 Å². The smallest absolute Gasteiger partial charge is 0.275 e. The van der Waals surface area contributed by atoms with Crippen molar-refractivity contribution in [3.8, 4) is 0 Å². The Balaban J connectivity index is 1.70. The Morgan fingerprint density at radius 2 is 1.89 bits per heavy atom. The summed E-state index contributed by atoms with van der Waals surface area (Å²) in [7, 11) is 0. The van der Waals surface area contributed by atoms with Gasteiger partial charge in [0.25, 0.3) is 5.91 Å². The Morgan fingerprint density at radius 1 is 1.11 bits per heavy atom. The summed E-state index contributed by atoms with van der Waals surface area (Å²) in [6.07, 6.45) is 3.14. The molecule has 0 bridgehead atoms. The van der Waals surface area contributed by atoms with E-state index in [0.717, 1.165) is 24.5 Å². The number of halogens is 1. The Morgan fingerprint density at radius 3 is 2.52 bits per heavy atom. The lowest BCUT2D eigenvalue weighted by Gasteiger charge is -2.21. The van der Waals surface area contributed by atoms with Gasteiger partial charge < -0.3 is 10.2 Å². The molecule has 1 N–H and O–H groups in total. The van der Waals surface area contributed by atoms with Crippen molar-refractivity contribution in [2.45, 2.75) is 20.4 Å². The molecule has 0 unspecified atom stereocenters. The Labute approximate surface area is 164 Å². The molecule has 0 saturated carbocycles. The van der Waals surface area contributed by atoms with Gasteiger partial charge in [0.1, 0.15) is 11.5 Å². The highest BCUT2D eigenvalue weighted by atomic mass is 35.5. The lowest BCUT2D eigenvalue weighted by Crippen LogP contribution is -2.24. The summed E-state index contributed by atoms with van der Waals surface area (Å²) < 4.78 is 0. The summed E-state index contributed by atoms with van der Waals surface area (Å²) in [5.74, 6) is 0.436. The van der Waals surface area contributed by atoms with Crippen LogP contribution in [0.5, 0.6) is 0 Å². The van der Waals surface area contributed by atoms with Crippen molar-refractivity contribution >= 4 is 29.0 Å². The molecule has 0 atom stereocenters. The third-order valence-electron chi connectivity index (χ3n) is 4.23. The number of nitrogens with one attached hydrogen (secondary N) is 1. The van der Waals surface area contributed by atoms with E-state index >= 15 is 0 Å². The molecule has 0 aliphatic carbocycles. The second-order valence-corrected chi connectivity index (χ2v) is 6.61. The highest BCUT2D eigenvalue weighted by Gasteiger charge is 2.12. The van der Waals surface area contributed by atoms with Crippen LogP contribution in [-0.4, -0.2) is 22.4 Å². The number of carbonyl (C=O) groups excluding carboxylic acids is 1. The van der Waals surface area contributed by atoms with Gasteiger partial charge in [-0.05, 0) is 43.2 Å². The van der Waals surface area contributed by atoms with Crippen LogP contribution in [0.2, 0.25) is 5.02 Å². The average Bonchev–Trinajstić information content (AvgIpc) is 2.69. The van der Waals surface area contributed by atoms with Gasteiger partial charge in [-0.25, -0.2) is 9.97 Å². The molecule has 0 saturated heterocycles. The summed E-state index contributed by atoms with van der Waals surface area (Å²) in [5, 5.41) is 3.47. The minimum absolute atomic E-state index is 0.267. The van der Waals surface area contributed by atoms with Crippen molar-refractivity contribution in [1.29, 1.82) is 0 Å². The first-order valence-electron chi connectivity index (χ1n) is 8.75. The highest BCUT2D eigenvalue weighted by Crippen LogP contribution is 2.20. The van der Waals surface area contributed by atoms with Crippen LogP contribution in [0.4, 0.5) is 11.5 Å². The second kappa shape index (κ2) is 8.64. The normalized spacial score (nSPS) is 10.5. The topological polar surface area (TPSA) is 58.1 Å². The lowest BCUT2D eigenvalue weighted by molar-refractivity contribution is 0.102. The quantitative estimate of drug-likeness (QED) is 0.672. The molecule has 1 aromatic heterocycles. The van der Waals surface area contributed by atoms with Crippen molar-refractivity contribution in [3.63, 3.8) is 0 Å². The van der Waals surface area contributed by atoms with E-state index in [1.807, 2.05) is 25.1 Å². The SMILES string of the molecule is CCN(Cc1ccccc1)c1cnc(C(=O)Nc2ccc(Cl)cc2C)cn1.